The van der Waals surface area contributed by atoms with E-state index in [1.54, 1.807) is 11.8 Å². The van der Waals surface area contributed by atoms with Crippen LogP contribution in [0.5, 0.6) is 0 Å². The third-order valence-electron chi connectivity index (χ3n) is 1.68. The van der Waals surface area contributed by atoms with Crippen LogP contribution in [0.2, 0.25) is 0 Å². The predicted octanol–water partition coefficient (Wildman–Crippen LogP) is 2.05. The molecule has 0 aliphatic heterocycles. The number of carbonyl (C=O) groups is 4. The quantitative estimate of drug-likeness (QED) is 0.366. The van der Waals surface area contributed by atoms with Crippen LogP contribution in [-0.2, 0) is 19.2 Å². The molecule has 0 bridgehead atoms. The maximum Gasteiger partial charge on any atom is 0.490 e. The summed E-state index contributed by atoms with van der Waals surface area (Å²) in [5.41, 5.74) is 5.19. The molecule has 1 atom stereocenters. The largest absolute Gasteiger partial charge is 0.490 e. The number of alkyl halides is 9. The molecule has 30 heavy (non-hydrogen) atoms. The molecule has 0 saturated carbocycles. The number of halogens is 9. The summed E-state index contributed by atoms with van der Waals surface area (Å²) in [5, 5.41) is 29.6. The fourth-order valence-electron chi connectivity index (χ4n) is 0.368. The fraction of sp³-hybridized carbons (Fsp3) is 0.636. The van der Waals surface area contributed by atoms with Crippen molar-refractivity contribution in [2.24, 2.45) is 5.73 Å². The van der Waals surface area contributed by atoms with E-state index in [0.717, 1.165) is 5.75 Å². The number of hydrogen-bond donors (Lipinski definition) is 5. The number of carboxylic acids is 4. The van der Waals surface area contributed by atoms with Crippen LogP contribution in [0.25, 0.3) is 0 Å². The van der Waals surface area contributed by atoms with Gasteiger partial charge in [-0.3, -0.25) is 4.79 Å². The van der Waals surface area contributed by atoms with Crippen molar-refractivity contribution in [2.75, 3.05) is 12.0 Å². The number of nitrogens with two attached hydrogens (primary N) is 1. The molecular formula is C11H14F9NO8S. The van der Waals surface area contributed by atoms with Crippen molar-refractivity contribution in [2.45, 2.75) is 31.0 Å². The first-order valence-electron chi connectivity index (χ1n) is 6.39. The normalized spacial score (nSPS) is 11.8. The molecule has 0 aromatic heterocycles. The Kier molecular flexibility index (Phi) is 18.0. The Morgan fingerprint density at radius 3 is 1.03 bits per heavy atom. The molecule has 0 aliphatic rings. The molecule has 180 valence electrons. The van der Waals surface area contributed by atoms with Crippen LogP contribution < -0.4 is 5.73 Å². The summed E-state index contributed by atoms with van der Waals surface area (Å²) in [6.07, 6.45) is -12.8. The second-order valence-corrected chi connectivity index (χ2v) is 5.12. The molecular weight excluding hydrogens is 477 g/mol. The lowest BCUT2D eigenvalue weighted by atomic mass is 10.2. The number of rotatable bonds is 4. The number of thioether (sulfide) groups is 1. The molecule has 0 aromatic carbocycles. The van der Waals surface area contributed by atoms with E-state index in [-0.39, 0.29) is 0 Å². The zero-order valence-electron chi connectivity index (χ0n) is 14.3. The summed E-state index contributed by atoms with van der Waals surface area (Å²) in [4.78, 5) is 36.8. The average Bonchev–Trinajstić information content (AvgIpc) is 2.51. The summed E-state index contributed by atoms with van der Waals surface area (Å²) >= 11 is 1.60. The van der Waals surface area contributed by atoms with Crippen molar-refractivity contribution >= 4 is 35.6 Å². The first-order valence-corrected chi connectivity index (χ1v) is 7.78. The van der Waals surface area contributed by atoms with Crippen LogP contribution in [0, 0.1) is 0 Å². The van der Waals surface area contributed by atoms with Crippen molar-refractivity contribution in [1.82, 2.24) is 0 Å². The summed E-state index contributed by atoms with van der Waals surface area (Å²) in [7, 11) is 0. The summed E-state index contributed by atoms with van der Waals surface area (Å²) in [6.45, 7) is 0. The van der Waals surface area contributed by atoms with E-state index < -0.39 is 48.4 Å². The minimum Gasteiger partial charge on any atom is -0.480 e. The van der Waals surface area contributed by atoms with Crippen molar-refractivity contribution in [3.8, 4) is 0 Å². The topological polar surface area (TPSA) is 175 Å². The van der Waals surface area contributed by atoms with Crippen molar-refractivity contribution in [3.63, 3.8) is 0 Å². The van der Waals surface area contributed by atoms with Gasteiger partial charge >= 0.3 is 42.4 Å². The Bertz CT molecular complexity index is 491. The summed E-state index contributed by atoms with van der Waals surface area (Å²) in [5.74, 6) is -8.37. The van der Waals surface area contributed by atoms with E-state index in [0.29, 0.717) is 6.42 Å². The van der Waals surface area contributed by atoms with Crippen LogP contribution in [0.1, 0.15) is 6.42 Å². The maximum absolute atomic E-state index is 10.6. The monoisotopic (exact) mass is 491 g/mol. The molecule has 9 nitrogen and oxygen atoms in total. The van der Waals surface area contributed by atoms with Gasteiger partial charge in [-0.2, -0.15) is 51.3 Å². The molecule has 0 aliphatic carbocycles. The molecule has 0 saturated heterocycles. The van der Waals surface area contributed by atoms with E-state index in [1.807, 2.05) is 6.26 Å². The van der Waals surface area contributed by atoms with Gasteiger partial charge < -0.3 is 26.2 Å². The molecule has 0 heterocycles. The van der Waals surface area contributed by atoms with Gasteiger partial charge in [0, 0.05) is 0 Å². The highest BCUT2D eigenvalue weighted by Crippen LogP contribution is 2.14. The van der Waals surface area contributed by atoms with Crippen molar-refractivity contribution < 1.29 is 79.1 Å². The molecule has 0 aromatic rings. The van der Waals surface area contributed by atoms with Crippen molar-refractivity contribution in [3.05, 3.63) is 0 Å². The lowest BCUT2D eigenvalue weighted by Gasteiger charge is -2.02. The van der Waals surface area contributed by atoms with Gasteiger partial charge in [0.05, 0.1) is 0 Å². The minimum absolute atomic E-state index is 0.552. The SMILES string of the molecule is CSCC[C@H](N)C(=O)O.O=C(O)C(F)(F)F.O=C(O)C(F)(F)F.O=C(O)C(F)(F)F. The molecule has 0 unspecified atom stereocenters. The van der Waals surface area contributed by atoms with E-state index in [2.05, 4.69) is 0 Å². The van der Waals surface area contributed by atoms with Gasteiger partial charge in [-0.15, -0.1) is 0 Å². The van der Waals surface area contributed by atoms with E-state index in [9.17, 15) is 44.3 Å². The highest BCUT2D eigenvalue weighted by atomic mass is 32.2. The van der Waals surface area contributed by atoms with Crippen LogP contribution in [0.3, 0.4) is 0 Å². The van der Waals surface area contributed by atoms with Crippen LogP contribution in [0.4, 0.5) is 39.5 Å². The van der Waals surface area contributed by atoms with Gasteiger partial charge in [0.1, 0.15) is 6.04 Å². The van der Waals surface area contributed by atoms with Gasteiger partial charge in [-0.05, 0) is 18.4 Å². The lowest BCUT2D eigenvalue weighted by molar-refractivity contribution is -0.193. The molecule has 0 amide bonds. The predicted molar refractivity (Wildman–Crippen MR) is 79.7 cm³/mol. The van der Waals surface area contributed by atoms with Gasteiger partial charge in [0.15, 0.2) is 0 Å². The Morgan fingerprint density at radius 2 is 0.933 bits per heavy atom. The minimum atomic E-state index is -5.08. The highest BCUT2D eigenvalue weighted by molar-refractivity contribution is 7.98. The van der Waals surface area contributed by atoms with Gasteiger partial charge in [-0.1, -0.05) is 0 Å². The molecule has 6 N–H and O–H groups in total. The maximum atomic E-state index is 10.6. The Hall–Kier alpha value is -2.44. The third kappa shape index (κ3) is 27.8. The van der Waals surface area contributed by atoms with Crippen LogP contribution >= 0.6 is 11.8 Å². The van der Waals surface area contributed by atoms with Gasteiger partial charge in [-0.25, -0.2) is 14.4 Å². The van der Waals surface area contributed by atoms with Gasteiger partial charge in [0.25, 0.3) is 0 Å². The molecule has 0 rings (SSSR count). The Labute approximate surface area is 164 Å². The average molecular weight is 491 g/mol. The van der Waals surface area contributed by atoms with Gasteiger partial charge in [0.2, 0.25) is 0 Å². The van der Waals surface area contributed by atoms with Crippen LogP contribution in [-0.4, -0.2) is 80.9 Å². The first-order chi connectivity index (χ1) is 13.0. The molecule has 0 radical (unpaired) electrons. The molecule has 19 heteroatoms. The molecule has 0 fully saturated rings. The van der Waals surface area contributed by atoms with Crippen molar-refractivity contribution in [1.29, 1.82) is 0 Å². The third-order valence-corrected chi connectivity index (χ3v) is 2.32. The summed E-state index contributed by atoms with van der Waals surface area (Å²) < 4.78 is 95.2. The van der Waals surface area contributed by atoms with Crippen LogP contribution in [0.15, 0.2) is 0 Å². The molecule has 0 spiro atoms. The highest BCUT2D eigenvalue weighted by Gasteiger charge is 2.39. The smallest absolute Gasteiger partial charge is 0.480 e. The second-order valence-electron chi connectivity index (χ2n) is 4.13. The Balaban J connectivity index is -0.000000151. The lowest BCUT2D eigenvalue weighted by Crippen LogP contribution is -2.30. The first kappa shape index (κ1) is 35.0. The fourth-order valence-corrected chi connectivity index (χ4v) is 0.858. The Morgan fingerprint density at radius 1 is 0.733 bits per heavy atom. The zero-order chi connectivity index (χ0) is 25.5. The standard InChI is InChI=1S/C5H11NO2S.3C2HF3O2/c1-9-3-2-4(6)5(7)8;3*3-2(4,5)1(6)7/h4H,2-3,6H2,1H3,(H,7,8);3*(H,6,7)/t4-;;;/m0.../s1. The number of hydrogen-bond acceptors (Lipinski definition) is 6. The number of aliphatic carboxylic acids is 4. The number of carboxylic acid groups (broad SMARTS) is 4. The van der Waals surface area contributed by atoms with E-state index >= 15 is 0 Å². The summed E-state index contributed by atoms with van der Waals surface area (Å²) in [6, 6.07) is -0.683. The zero-order valence-corrected chi connectivity index (χ0v) is 15.1. The second kappa shape index (κ2) is 15.4. The van der Waals surface area contributed by atoms with E-state index in [4.69, 9.17) is 40.5 Å². The van der Waals surface area contributed by atoms with E-state index in [1.165, 1.54) is 0 Å².